The second kappa shape index (κ2) is 4.37. The van der Waals surface area contributed by atoms with E-state index < -0.39 is 5.97 Å². The molecule has 0 aliphatic rings. The smallest absolute Gasteiger partial charge is 0.335 e. The van der Waals surface area contributed by atoms with Crippen LogP contribution in [-0.4, -0.2) is 16.1 Å². The van der Waals surface area contributed by atoms with Gasteiger partial charge in [0, 0.05) is 11.4 Å². The molecule has 0 saturated carbocycles. The Kier molecular flexibility index (Phi) is 2.91. The highest BCUT2D eigenvalue weighted by molar-refractivity contribution is 5.89. The molecule has 0 amide bonds. The lowest BCUT2D eigenvalue weighted by Gasteiger charge is -2.05. The quantitative estimate of drug-likeness (QED) is 0.857. The van der Waals surface area contributed by atoms with Gasteiger partial charge < -0.3 is 5.11 Å². The van der Waals surface area contributed by atoms with Crippen LogP contribution >= 0.6 is 0 Å². The molecule has 2 rings (SSSR count). The van der Waals surface area contributed by atoms with Crippen LogP contribution in [-0.2, 0) is 0 Å². The summed E-state index contributed by atoms with van der Waals surface area (Å²) in [6, 6.07) is 10.8. The highest BCUT2D eigenvalue weighted by Crippen LogP contribution is 2.21. The first kappa shape index (κ1) is 11.3. The number of hydrogen-bond acceptors (Lipinski definition) is 2. The van der Waals surface area contributed by atoms with E-state index in [0.29, 0.717) is 5.56 Å². The van der Waals surface area contributed by atoms with Crippen LogP contribution in [0.1, 0.15) is 21.7 Å². The molecule has 0 spiro atoms. The number of hydrogen-bond donors (Lipinski definition) is 1. The standard InChI is InChI=1S/C14H13NO2/c1-9-6-13(7-10(2)15-9)11-4-3-5-12(8-11)14(16)17/h3-8H,1-2H3,(H,16,17). The number of carboxylic acids is 1. The number of pyridine rings is 1. The molecule has 0 radical (unpaired) electrons. The summed E-state index contributed by atoms with van der Waals surface area (Å²) in [5.74, 6) is -0.908. The largest absolute Gasteiger partial charge is 0.478 e. The first-order valence-electron chi connectivity index (χ1n) is 5.35. The Bertz CT molecular complexity index is 556. The van der Waals surface area contributed by atoms with Crippen molar-refractivity contribution in [1.29, 1.82) is 0 Å². The fourth-order valence-corrected chi connectivity index (χ4v) is 1.83. The van der Waals surface area contributed by atoms with Gasteiger partial charge in [-0.15, -0.1) is 0 Å². The third-order valence-electron chi connectivity index (χ3n) is 2.52. The van der Waals surface area contributed by atoms with Crippen molar-refractivity contribution >= 4 is 5.97 Å². The molecule has 0 aliphatic heterocycles. The van der Waals surface area contributed by atoms with Crippen molar-refractivity contribution in [3.8, 4) is 11.1 Å². The maximum atomic E-state index is 10.9. The third kappa shape index (κ3) is 2.50. The molecular formula is C14H13NO2. The lowest BCUT2D eigenvalue weighted by molar-refractivity contribution is 0.0697. The zero-order chi connectivity index (χ0) is 12.4. The summed E-state index contributed by atoms with van der Waals surface area (Å²) in [7, 11) is 0. The number of benzene rings is 1. The molecular weight excluding hydrogens is 214 g/mol. The molecule has 0 atom stereocenters. The summed E-state index contributed by atoms with van der Waals surface area (Å²) in [4.78, 5) is 15.2. The minimum Gasteiger partial charge on any atom is -0.478 e. The van der Waals surface area contributed by atoms with E-state index in [0.717, 1.165) is 22.5 Å². The zero-order valence-electron chi connectivity index (χ0n) is 9.77. The fraction of sp³-hybridized carbons (Fsp3) is 0.143. The lowest BCUT2D eigenvalue weighted by atomic mass is 10.0. The summed E-state index contributed by atoms with van der Waals surface area (Å²) >= 11 is 0. The van der Waals surface area contributed by atoms with E-state index in [2.05, 4.69) is 4.98 Å². The van der Waals surface area contributed by atoms with E-state index in [-0.39, 0.29) is 0 Å². The number of nitrogens with zero attached hydrogens (tertiary/aromatic N) is 1. The highest BCUT2D eigenvalue weighted by Gasteiger charge is 2.05. The van der Waals surface area contributed by atoms with Gasteiger partial charge in [-0.25, -0.2) is 4.79 Å². The van der Waals surface area contributed by atoms with Crippen LogP contribution in [0.5, 0.6) is 0 Å². The van der Waals surface area contributed by atoms with Crippen molar-refractivity contribution in [2.24, 2.45) is 0 Å². The minimum atomic E-state index is -0.908. The summed E-state index contributed by atoms with van der Waals surface area (Å²) in [5.41, 5.74) is 4.06. The van der Waals surface area contributed by atoms with Crippen molar-refractivity contribution in [2.45, 2.75) is 13.8 Å². The van der Waals surface area contributed by atoms with Crippen LogP contribution in [0.2, 0.25) is 0 Å². The second-order valence-corrected chi connectivity index (χ2v) is 4.02. The molecule has 0 unspecified atom stereocenters. The third-order valence-corrected chi connectivity index (χ3v) is 2.52. The predicted octanol–water partition coefficient (Wildman–Crippen LogP) is 3.06. The molecule has 17 heavy (non-hydrogen) atoms. The zero-order valence-corrected chi connectivity index (χ0v) is 9.77. The maximum absolute atomic E-state index is 10.9. The van der Waals surface area contributed by atoms with Gasteiger partial charge in [0.2, 0.25) is 0 Å². The average Bonchev–Trinajstić information content (AvgIpc) is 2.28. The Morgan fingerprint density at radius 2 is 1.71 bits per heavy atom. The van der Waals surface area contributed by atoms with E-state index >= 15 is 0 Å². The first-order chi connectivity index (χ1) is 8.06. The predicted molar refractivity (Wildman–Crippen MR) is 66.1 cm³/mol. The second-order valence-electron chi connectivity index (χ2n) is 4.02. The van der Waals surface area contributed by atoms with Crippen molar-refractivity contribution < 1.29 is 9.90 Å². The van der Waals surface area contributed by atoms with E-state index in [1.54, 1.807) is 18.2 Å². The summed E-state index contributed by atoms with van der Waals surface area (Å²) in [5, 5.41) is 8.95. The first-order valence-corrected chi connectivity index (χ1v) is 5.35. The molecule has 1 N–H and O–H groups in total. The number of carboxylic acid groups (broad SMARTS) is 1. The Hall–Kier alpha value is -2.16. The summed E-state index contributed by atoms with van der Waals surface area (Å²) < 4.78 is 0. The van der Waals surface area contributed by atoms with Gasteiger partial charge in [-0.3, -0.25) is 4.98 Å². The molecule has 2 aromatic rings. The van der Waals surface area contributed by atoms with Crippen LogP contribution in [0.3, 0.4) is 0 Å². The molecule has 86 valence electrons. The van der Waals surface area contributed by atoms with Gasteiger partial charge in [-0.05, 0) is 49.2 Å². The van der Waals surface area contributed by atoms with Gasteiger partial charge >= 0.3 is 5.97 Å². The van der Waals surface area contributed by atoms with Gasteiger partial charge in [-0.1, -0.05) is 12.1 Å². The van der Waals surface area contributed by atoms with Gasteiger partial charge in [0.25, 0.3) is 0 Å². The monoisotopic (exact) mass is 227 g/mol. The molecule has 0 fully saturated rings. The van der Waals surface area contributed by atoms with Crippen LogP contribution < -0.4 is 0 Å². The molecule has 3 nitrogen and oxygen atoms in total. The Morgan fingerprint density at radius 1 is 1.06 bits per heavy atom. The molecule has 1 heterocycles. The van der Waals surface area contributed by atoms with Gasteiger partial charge in [0.1, 0.15) is 0 Å². The Balaban J connectivity index is 2.52. The van der Waals surface area contributed by atoms with Crippen molar-refractivity contribution in [3.05, 3.63) is 53.3 Å². The van der Waals surface area contributed by atoms with E-state index in [1.165, 1.54) is 0 Å². The number of aryl methyl sites for hydroxylation is 2. The highest BCUT2D eigenvalue weighted by atomic mass is 16.4. The van der Waals surface area contributed by atoms with Crippen molar-refractivity contribution in [1.82, 2.24) is 4.98 Å². The maximum Gasteiger partial charge on any atom is 0.335 e. The number of aromatic nitrogens is 1. The normalized spacial score (nSPS) is 10.2. The van der Waals surface area contributed by atoms with Gasteiger partial charge in [0.15, 0.2) is 0 Å². The Labute approximate surface area is 99.8 Å². The fourth-order valence-electron chi connectivity index (χ4n) is 1.83. The summed E-state index contributed by atoms with van der Waals surface area (Å²) in [6.45, 7) is 3.86. The van der Waals surface area contributed by atoms with Crippen LogP contribution in [0, 0.1) is 13.8 Å². The van der Waals surface area contributed by atoms with Gasteiger partial charge in [0.05, 0.1) is 5.56 Å². The van der Waals surface area contributed by atoms with Gasteiger partial charge in [-0.2, -0.15) is 0 Å². The molecule has 0 bridgehead atoms. The summed E-state index contributed by atoms with van der Waals surface area (Å²) in [6.07, 6.45) is 0. The molecule has 0 saturated heterocycles. The Morgan fingerprint density at radius 3 is 2.29 bits per heavy atom. The van der Waals surface area contributed by atoms with E-state index in [1.807, 2.05) is 32.0 Å². The van der Waals surface area contributed by atoms with E-state index in [9.17, 15) is 4.79 Å². The lowest BCUT2D eigenvalue weighted by Crippen LogP contribution is -1.96. The van der Waals surface area contributed by atoms with E-state index in [4.69, 9.17) is 5.11 Å². The molecule has 1 aromatic heterocycles. The molecule has 0 aliphatic carbocycles. The number of rotatable bonds is 2. The topological polar surface area (TPSA) is 50.2 Å². The molecule has 1 aromatic carbocycles. The van der Waals surface area contributed by atoms with Crippen molar-refractivity contribution in [2.75, 3.05) is 0 Å². The number of carbonyl (C=O) groups is 1. The van der Waals surface area contributed by atoms with Crippen molar-refractivity contribution in [3.63, 3.8) is 0 Å². The molecule has 3 heteroatoms. The number of aromatic carboxylic acids is 1. The minimum absolute atomic E-state index is 0.301. The SMILES string of the molecule is Cc1cc(-c2cccc(C(=O)O)c2)cc(C)n1. The van der Waals surface area contributed by atoms with Crippen LogP contribution in [0.15, 0.2) is 36.4 Å². The van der Waals surface area contributed by atoms with Crippen LogP contribution in [0.25, 0.3) is 11.1 Å². The van der Waals surface area contributed by atoms with Crippen LogP contribution in [0.4, 0.5) is 0 Å². The average molecular weight is 227 g/mol.